The number of hydroxylamine groups is 2. The zero-order valence-corrected chi connectivity index (χ0v) is 12.4. The van der Waals surface area contributed by atoms with Gasteiger partial charge in [0.2, 0.25) is 0 Å². The molecule has 1 aromatic rings. The molecule has 5 nitrogen and oxygen atoms in total. The molecule has 0 aromatic heterocycles. The van der Waals surface area contributed by atoms with Crippen molar-refractivity contribution < 1.29 is 19.5 Å². The van der Waals surface area contributed by atoms with Crippen LogP contribution in [-0.2, 0) is 9.57 Å². The van der Waals surface area contributed by atoms with Gasteiger partial charge in [0.15, 0.2) is 5.56 Å². The smallest absolute Gasteiger partial charge is 0.435 e. The maximum atomic E-state index is 12.1. The highest BCUT2D eigenvalue weighted by Gasteiger charge is 2.46. The van der Waals surface area contributed by atoms with Crippen LogP contribution in [0.4, 0.5) is 4.79 Å². The highest BCUT2D eigenvalue weighted by atomic mass is 35.5. The fourth-order valence-electron chi connectivity index (χ4n) is 1.96. The van der Waals surface area contributed by atoms with Crippen molar-refractivity contribution in [2.75, 3.05) is 0 Å². The Morgan fingerprint density at radius 1 is 1.35 bits per heavy atom. The minimum absolute atomic E-state index is 0.656. The van der Waals surface area contributed by atoms with Crippen molar-refractivity contribution in [3.8, 4) is 0 Å². The number of alkyl halides is 1. The van der Waals surface area contributed by atoms with E-state index in [1.807, 2.05) is 18.2 Å². The molecule has 1 saturated heterocycles. The number of aliphatic hydroxyl groups is 1. The molecule has 1 N–H and O–H groups in total. The molecule has 1 amide bonds. The molecule has 110 valence electrons. The van der Waals surface area contributed by atoms with Gasteiger partial charge >= 0.3 is 6.09 Å². The van der Waals surface area contributed by atoms with E-state index >= 15 is 0 Å². The van der Waals surface area contributed by atoms with Gasteiger partial charge in [0.25, 0.3) is 0 Å². The van der Waals surface area contributed by atoms with Crippen molar-refractivity contribution in [1.82, 2.24) is 5.06 Å². The lowest BCUT2D eigenvalue weighted by Gasteiger charge is -2.27. The SMILES string of the molecule is CC(C)(C)OC(=O)N1O[C@H](Cl)[C@H](O)[C@H]1c1ccccc1. The number of amides is 1. The van der Waals surface area contributed by atoms with Crippen LogP contribution in [0.1, 0.15) is 32.4 Å². The number of halogens is 1. The van der Waals surface area contributed by atoms with Crippen LogP contribution in [0, 0.1) is 0 Å². The average molecular weight is 300 g/mol. The monoisotopic (exact) mass is 299 g/mol. The summed E-state index contributed by atoms with van der Waals surface area (Å²) in [6, 6.07) is 8.39. The number of hydrogen-bond donors (Lipinski definition) is 1. The summed E-state index contributed by atoms with van der Waals surface area (Å²) in [6.07, 6.45) is -1.69. The molecule has 6 heteroatoms. The van der Waals surface area contributed by atoms with Crippen LogP contribution in [0.25, 0.3) is 0 Å². The molecule has 1 aliphatic heterocycles. The van der Waals surface area contributed by atoms with Gasteiger partial charge in [-0.25, -0.2) is 9.63 Å². The molecule has 1 aliphatic rings. The molecule has 2 rings (SSSR count). The van der Waals surface area contributed by atoms with Crippen LogP contribution in [0.3, 0.4) is 0 Å². The lowest BCUT2D eigenvalue weighted by molar-refractivity contribution is -0.134. The van der Waals surface area contributed by atoms with E-state index in [1.54, 1.807) is 32.9 Å². The lowest BCUT2D eigenvalue weighted by Crippen LogP contribution is -2.37. The summed E-state index contributed by atoms with van der Waals surface area (Å²) in [5.41, 5.74) is -0.918. The van der Waals surface area contributed by atoms with Crippen molar-refractivity contribution >= 4 is 17.7 Å². The summed E-state index contributed by atoms with van der Waals surface area (Å²) in [6.45, 7) is 5.27. The normalized spacial score (nSPS) is 26.6. The topological polar surface area (TPSA) is 59.0 Å². The van der Waals surface area contributed by atoms with Crippen LogP contribution >= 0.6 is 11.6 Å². The molecule has 0 radical (unpaired) electrons. The third-order valence-electron chi connectivity index (χ3n) is 2.77. The first kappa shape index (κ1) is 15.1. The second-order valence-corrected chi connectivity index (χ2v) is 6.04. The number of hydrogen-bond acceptors (Lipinski definition) is 4. The Hall–Kier alpha value is -1.30. The molecule has 0 bridgehead atoms. The van der Waals surface area contributed by atoms with Crippen molar-refractivity contribution in [1.29, 1.82) is 0 Å². The zero-order chi connectivity index (χ0) is 14.9. The van der Waals surface area contributed by atoms with Gasteiger partial charge in [-0.05, 0) is 26.3 Å². The highest BCUT2D eigenvalue weighted by molar-refractivity contribution is 6.20. The molecular weight excluding hydrogens is 282 g/mol. The van der Waals surface area contributed by atoms with E-state index in [4.69, 9.17) is 21.2 Å². The largest absolute Gasteiger partial charge is 0.442 e. The van der Waals surface area contributed by atoms with Crippen molar-refractivity contribution in [2.45, 2.75) is 44.1 Å². The number of ether oxygens (including phenoxy) is 1. The van der Waals surface area contributed by atoms with Crippen molar-refractivity contribution in [2.24, 2.45) is 0 Å². The fourth-order valence-corrected chi connectivity index (χ4v) is 2.19. The number of carbonyl (C=O) groups excluding carboxylic acids is 1. The molecule has 1 fully saturated rings. The Morgan fingerprint density at radius 3 is 2.50 bits per heavy atom. The van der Waals surface area contributed by atoms with E-state index < -0.39 is 29.4 Å². The van der Waals surface area contributed by atoms with Crippen LogP contribution < -0.4 is 0 Å². The van der Waals surface area contributed by atoms with Crippen LogP contribution in [0.15, 0.2) is 30.3 Å². The van der Waals surface area contributed by atoms with Crippen molar-refractivity contribution in [3.63, 3.8) is 0 Å². The lowest BCUT2D eigenvalue weighted by atomic mass is 10.0. The summed E-state index contributed by atoms with van der Waals surface area (Å²) >= 11 is 5.90. The minimum atomic E-state index is -1.02. The number of aliphatic hydroxyl groups excluding tert-OH is 1. The summed E-state index contributed by atoms with van der Waals surface area (Å²) in [5, 5.41) is 11.1. The zero-order valence-electron chi connectivity index (χ0n) is 11.6. The van der Waals surface area contributed by atoms with Gasteiger partial charge in [-0.1, -0.05) is 41.9 Å². The van der Waals surface area contributed by atoms with Gasteiger partial charge in [0.1, 0.15) is 17.7 Å². The maximum absolute atomic E-state index is 12.1. The molecule has 0 saturated carbocycles. The second kappa shape index (κ2) is 5.60. The van der Waals surface area contributed by atoms with E-state index in [9.17, 15) is 9.90 Å². The van der Waals surface area contributed by atoms with Gasteiger partial charge in [-0.3, -0.25) is 0 Å². The molecular formula is C14H18ClNO4. The standard InChI is InChI=1S/C14H18ClNO4/c1-14(2,3)19-13(18)16-10(11(17)12(15)20-16)9-7-5-4-6-8-9/h4-8,10-12,17H,1-3H3/t10-,11-,12+/m1/s1. The third kappa shape index (κ3) is 3.23. The Balaban J connectivity index is 2.25. The van der Waals surface area contributed by atoms with E-state index in [-0.39, 0.29) is 0 Å². The summed E-state index contributed by atoms with van der Waals surface area (Å²) in [5.74, 6) is 0. The predicted molar refractivity (Wildman–Crippen MR) is 74.0 cm³/mol. The van der Waals surface area contributed by atoms with E-state index in [0.717, 1.165) is 10.6 Å². The van der Waals surface area contributed by atoms with Crippen LogP contribution in [-0.4, -0.2) is 33.5 Å². The number of rotatable bonds is 1. The van der Waals surface area contributed by atoms with Gasteiger partial charge in [-0.2, -0.15) is 5.06 Å². The van der Waals surface area contributed by atoms with Crippen LogP contribution in [0.2, 0.25) is 0 Å². The van der Waals surface area contributed by atoms with E-state index in [2.05, 4.69) is 0 Å². The van der Waals surface area contributed by atoms with Crippen molar-refractivity contribution in [3.05, 3.63) is 35.9 Å². The number of nitrogens with zero attached hydrogens (tertiary/aromatic N) is 1. The third-order valence-corrected chi connectivity index (χ3v) is 3.11. The Morgan fingerprint density at radius 2 is 1.95 bits per heavy atom. The van der Waals surface area contributed by atoms with E-state index in [0.29, 0.717) is 0 Å². The summed E-state index contributed by atoms with van der Waals surface area (Å²) in [4.78, 5) is 17.4. The quantitative estimate of drug-likeness (QED) is 0.810. The Labute approximate surface area is 123 Å². The second-order valence-electron chi connectivity index (χ2n) is 5.61. The maximum Gasteiger partial charge on any atom is 0.435 e. The molecule has 0 unspecified atom stereocenters. The minimum Gasteiger partial charge on any atom is -0.442 e. The van der Waals surface area contributed by atoms with Gasteiger partial charge in [0.05, 0.1) is 0 Å². The molecule has 0 spiro atoms. The van der Waals surface area contributed by atoms with Crippen LogP contribution in [0.5, 0.6) is 0 Å². The average Bonchev–Trinajstić information content (AvgIpc) is 2.65. The molecule has 1 heterocycles. The van der Waals surface area contributed by atoms with E-state index in [1.165, 1.54) is 0 Å². The molecule has 20 heavy (non-hydrogen) atoms. The molecule has 0 aliphatic carbocycles. The number of carbonyl (C=O) groups is 1. The molecule has 1 aromatic carbocycles. The summed E-state index contributed by atoms with van der Waals surface area (Å²) < 4.78 is 5.26. The number of benzene rings is 1. The Kier molecular flexibility index (Phi) is 4.22. The first-order valence-electron chi connectivity index (χ1n) is 6.35. The van der Waals surface area contributed by atoms with Gasteiger partial charge < -0.3 is 9.84 Å². The Bertz CT molecular complexity index is 474. The van der Waals surface area contributed by atoms with Gasteiger partial charge in [-0.15, -0.1) is 0 Å². The first-order chi connectivity index (χ1) is 9.29. The highest BCUT2D eigenvalue weighted by Crippen LogP contribution is 2.36. The predicted octanol–water partition coefficient (Wildman–Crippen LogP) is 2.84. The summed E-state index contributed by atoms with van der Waals surface area (Å²) in [7, 11) is 0. The fraction of sp³-hybridized carbons (Fsp3) is 0.500. The first-order valence-corrected chi connectivity index (χ1v) is 6.79. The van der Waals surface area contributed by atoms with Gasteiger partial charge in [0, 0.05) is 0 Å². The molecule has 3 atom stereocenters.